The van der Waals surface area contributed by atoms with Crippen LogP contribution in [0, 0.1) is 13.8 Å². The van der Waals surface area contributed by atoms with Crippen LogP contribution in [-0.4, -0.2) is 17.5 Å². The molecule has 1 N–H and O–H groups in total. The van der Waals surface area contributed by atoms with Crippen LogP contribution in [0.15, 0.2) is 69.6 Å². The molecule has 5 nitrogen and oxygen atoms in total. The van der Waals surface area contributed by atoms with E-state index in [0.717, 1.165) is 21.2 Å². The fourth-order valence-electron chi connectivity index (χ4n) is 2.89. The summed E-state index contributed by atoms with van der Waals surface area (Å²) in [6.45, 7) is 3.95. The van der Waals surface area contributed by atoms with Crippen molar-refractivity contribution < 1.29 is 13.9 Å². The lowest BCUT2D eigenvalue weighted by Gasteiger charge is -2.07. The van der Waals surface area contributed by atoms with Gasteiger partial charge in [0.25, 0.3) is 5.91 Å². The van der Waals surface area contributed by atoms with Gasteiger partial charge < -0.3 is 14.5 Å². The molecule has 0 radical (unpaired) electrons. The molecule has 0 aliphatic carbocycles. The van der Waals surface area contributed by atoms with Crippen molar-refractivity contribution in [2.75, 3.05) is 11.9 Å². The van der Waals surface area contributed by atoms with E-state index in [1.165, 1.54) is 0 Å². The molecule has 0 bridgehead atoms. The first-order valence-corrected chi connectivity index (χ1v) is 9.94. The van der Waals surface area contributed by atoms with E-state index in [-0.39, 0.29) is 12.5 Å². The van der Waals surface area contributed by atoms with Crippen molar-refractivity contribution in [1.29, 1.82) is 0 Å². The minimum Gasteiger partial charge on any atom is -0.484 e. The molecule has 1 heterocycles. The molecule has 0 fully saturated rings. The monoisotopic (exact) mass is 450 g/mol. The number of fused-ring (bicyclic) bond motifs is 1. The van der Waals surface area contributed by atoms with Gasteiger partial charge in [0.05, 0.1) is 0 Å². The highest BCUT2D eigenvalue weighted by Crippen LogP contribution is 2.28. The number of oxazole rings is 1. The van der Waals surface area contributed by atoms with Crippen molar-refractivity contribution in [3.05, 3.63) is 76.3 Å². The zero-order chi connectivity index (χ0) is 20.4. The highest BCUT2D eigenvalue weighted by molar-refractivity contribution is 9.10. The van der Waals surface area contributed by atoms with E-state index in [1.807, 2.05) is 56.3 Å². The molecule has 146 valence electrons. The summed E-state index contributed by atoms with van der Waals surface area (Å²) in [7, 11) is 0. The second kappa shape index (κ2) is 8.09. The smallest absolute Gasteiger partial charge is 0.262 e. The van der Waals surface area contributed by atoms with Gasteiger partial charge in [-0.2, -0.15) is 0 Å². The fourth-order valence-corrected chi connectivity index (χ4v) is 3.13. The van der Waals surface area contributed by atoms with Gasteiger partial charge >= 0.3 is 0 Å². The average molecular weight is 451 g/mol. The van der Waals surface area contributed by atoms with Crippen LogP contribution in [0.25, 0.3) is 22.6 Å². The molecule has 0 aliphatic heterocycles. The van der Waals surface area contributed by atoms with Crippen LogP contribution in [0.3, 0.4) is 0 Å². The van der Waals surface area contributed by atoms with Gasteiger partial charge in [-0.1, -0.05) is 33.6 Å². The Morgan fingerprint density at radius 2 is 1.86 bits per heavy atom. The molecule has 6 heteroatoms. The largest absolute Gasteiger partial charge is 0.484 e. The molecule has 0 saturated carbocycles. The molecule has 4 aromatic rings. The van der Waals surface area contributed by atoms with E-state index in [2.05, 4.69) is 26.2 Å². The number of aromatic nitrogens is 1. The summed E-state index contributed by atoms with van der Waals surface area (Å²) in [6.07, 6.45) is 0. The predicted octanol–water partition coefficient (Wildman–Crippen LogP) is 5.89. The van der Waals surface area contributed by atoms with Crippen LogP contribution in [0.4, 0.5) is 5.69 Å². The number of amides is 1. The molecule has 1 aromatic heterocycles. The number of nitrogens with one attached hydrogen (secondary N) is 1. The Morgan fingerprint density at radius 3 is 2.62 bits per heavy atom. The topological polar surface area (TPSA) is 64.4 Å². The second-order valence-electron chi connectivity index (χ2n) is 6.82. The van der Waals surface area contributed by atoms with E-state index >= 15 is 0 Å². The minimum atomic E-state index is -0.239. The van der Waals surface area contributed by atoms with Crippen LogP contribution < -0.4 is 10.1 Å². The summed E-state index contributed by atoms with van der Waals surface area (Å²) in [6, 6.07) is 18.9. The first-order chi connectivity index (χ1) is 14.0. The number of nitrogens with zero attached hydrogens (tertiary/aromatic N) is 1. The highest BCUT2D eigenvalue weighted by atomic mass is 79.9. The predicted molar refractivity (Wildman–Crippen MR) is 117 cm³/mol. The number of ether oxygens (including phenoxy) is 1. The van der Waals surface area contributed by atoms with Crippen molar-refractivity contribution in [2.45, 2.75) is 13.8 Å². The molecular formula is C23H19BrN2O3. The number of anilines is 1. The van der Waals surface area contributed by atoms with Gasteiger partial charge in [-0.25, -0.2) is 4.98 Å². The third-order valence-corrected chi connectivity index (χ3v) is 5.36. The van der Waals surface area contributed by atoms with E-state index in [0.29, 0.717) is 28.4 Å². The van der Waals surface area contributed by atoms with Crippen LogP contribution in [0.1, 0.15) is 11.1 Å². The van der Waals surface area contributed by atoms with E-state index < -0.39 is 0 Å². The lowest BCUT2D eigenvalue weighted by Crippen LogP contribution is -2.20. The Labute approximate surface area is 176 Å². The highest BCUT2D eigenvalue weighted by Gasteiger charge is 2.11. The first kappa shape index (κ1) is 19.2. The van der Waals surface area contributed by atoms with Gasteiger partial charge in [0, 0.05) is 15.7 Å². The van der Waals surface area contributed by atoms with Crippen LogP contribution >= 0.6 is 15.9 Å². The summed E-state index contributed by atoms with van der Waals surface area (Å²) < 4.78 is 12.4. The van der Waals surface area contributed by atoms with Crippen LogP contribution in [-0.2, 0) is 4.79 Å². The van der Waals surface area contributed by atoms with Gasteiger partial charge in [0.15, 0.2) is 12.2 Å². The maximum absolute atomic E-state index is 12.2. The third-order valence-electron chi connectivity index (χ3n) is 4.47. The van der Waals surface area contributed by atoms with E-state index in [4.69, 9.17) is 9.15 Å². The normalized spacial score (nSPS) is 10.9. The van der Waals surface area contributed by atoms with E-state index in [9.17, 15) is 4.79 Å². The Balaban J connectivity index is 1.46. The van der Waals surface area contributed by atoms with Crippen LogP contribution in [0.5, 0.6) is 5.75 Å². The van der Waals surface area contributed by atoms with E-state index in [1.54, 1.807) is 18.2 Å². The number of rotatable bonds is 5. The van der Waals surface area contributed by atoms with Gasteiger partial charge in [-0.05, 0) is 67.9 Å². The van der Waals surface area contributed by atoms with Crippen molar-refractivity contribution in [2.24, 2.45) is 0 Å². The summed E-state index contributed by atoms with van der Waals surface area (Å²) >= 11 is 3.50. The minimum absolute atomic E-state index is 0.0661. The molecule has 4 rings (SSSR count). The zero-order valence-electron chi connectivity index (χ0n) is 16.0. The summed E-state index contributed by atoms with van der Waals surface area (Å²) in [5, 5.41) is 2.83. The molecule has 0 aliphatic rings. The lowest BCUT2D eigenvalue weighted by molar-refractivity contribution is -0.118. The second-order valence-corrected chi connectivity index (χ2v) is 7.67. The number of hydrogen-bond donors (Lipinski definition) is 1. The van der Waals surface area contributed by atoms with Crippen molar-refractivity contribution in [3.63, 3.8) is 0 Å². The summed E-state index contributed by atoms with van der Waals surface area (Å²) in [5.74, 6) is 0.964. The molecule has 0 unspecified atom stereocenters. The number of aryl methyl sites for hydroxylation is 2. The van der Waals surface area contributed by atoms with Crippen molar-refractivity contribution in [1.82, 2.24) is 4.98 Å². The van der Waals surface area contributed by atoms with Crippen molar-refractivity contribution in [3.8, 4) is 17.2 Å². The Hall–Kier alpha value is -3.12. The van der Waals surface area contributed by atoms with Gasteiger partial charge in [0.1, 0.15) is 11.3 Å². The Bertz CT molecular complexity index is 1180. The molecule has 3 aromatic carbocycles. The number of halogens is 1. The number of carbonyl (C=O) groups is 1. The Morgan fingerprint density at radius 1 is 1.07 bits per heavy atom. The average Bonchev–Trinajstić information content (AvgIpc) is 3.13. The molecule has 29 heavy (non-hydrogen) atoms. The number of benzene rings is 3. The molecule has 0 saturated heterocycles. The Kier molecular flexibility index (Phi) is 5.36. The third kappa shape index (κ3) is 4.49. The SMILES string of the molecule is Cc1ccc(OCC(=O)Nc2ccc3oc(-c4ccc(Br)c(C)c4)nc3c2)cc1. The first-order valence-electron chi connectivity index (χ1n) is 9.14. The zero-order valence-corrected chi connectivity index (χ0v) is 17.6. The maximum atomic E-state index is 12.2. The summed E-state index contributed by atoms with van der Waals surface area (Å²) in [5.41, 5.74) is 5.12. The number of carbonyl (C=O) groups excluding carboxylic acids is 1. The molecule has 0 atom stereocenters. The van der Waals surface area contributed by atoms with Crippen LogP contribution in [0.2, 0.25) is 0 Å². The molecular weight excluding hydrogens is 432 g/mol. The molecule has 1 amide bonds. The van der Waals surface area contributed by atoms with Gasteiger partial charge in [0.2, 0.25) is 5.89 Å². The van der Waals surface area contributed by atoms with Gasteiger partial charge in [-0.15, -0.1) is 0 Å². The maximum Gasteiger partial charge on any atom is 0.262 e. The number of hydrogen-bond acceptors (Lipinski definition) is 4. The lowest BCUT2D eigenvalue weighted by atomic mass is 10.1. The molecule has 0 spiro atoms. The quantitative estimate of drug-likeness (QED) is 0.411. The van der Waals surface area contributed by atoms with Gasteiger partial charge in [-0.3, -0.25) is 4.79 Å². The fraction of sp³-hybridized carbons (Fsp3) is 0.130. The summed E-state index contributed by atoms with van der Waals surface area (Å²) in [4.78, 5) is 16.8. The van der Waals surface area contributed by atoms with Crippen molar-refractivity contribution >= 4 is 38.6 Å². The standard InChI is InChI=1S/C23H19BrN2O3/c1-14-3-7-18(8-4-14)28-13-22(27)25-17-6-10-21-20(12-17)26-23(29-21)16-5-9-19(24)15(2)11-16/h3-12H,13H2,1-2H3,(H,25,27).